The topological polar surface area (TPSA) is 58.2 Å². The first-order valence-electron chi connectivity index (χ1n) is 6.54. The molecule has 0 aromatic heterocycles. The van der Waals surface area contributed by atoms with Gasteiger partial charge in [-0.3, -0.25) is 0 Å². The Morgan fingerprint density at radius 1 is 1.41 bits per heavy atom. The van der Waals surface area contributed by atoms with Crippen LogP contribution in [0.5, 0.6) is 0 Å². The molecule has 1 aliphatic heterocycles. The largest absolute Gasteiger partial charge is 0.316 e. The highest BCUT2D eigenvalue weighted by molar-refractivity contribution is 7.91. The van der Waals surface area contributed by atoms with Gasteiger partial charge >= 0.3 is 0 Å². The first kappa shape index (κ1) is 13.3. The van der Waals surface area contributed by atoms with E-state index in [0.29, 0.717) is 23.5 Å². The summed E-state index contributed by atoms with van der Waals surface area (Å²) in [7, 11) is -2.78. The van der Waals surface area contributed by atoms with E-state index in [4.69, 9.17) is 0 Å². The third-order valence-electron chi connectivity index (χ3n) is 4.08. The normalized spacial score (nSPS) is 34.5. The smallest absolute Gasteiger partial charge is 0.153 e. The molecule has 1 saturated carbocycles. The molecule has 1 saturated heterocycles. The number of nitrogens with one attached hydrogen (secondary N) is 2. The number of rotatable bonds is 5. The summed E-state index contributed by atoms with van der Waals surface area (Å²) >= 11 is 0. The molecule has 2 atom stereocenters. The van der Waals surface area contributed by atoms with Crippen LogP contribution in [0.15, 0.2) is 0 Å². The van der Waals surface area contributed by atoms with E-state index in [2.05, 4.69) is 24.5 Å². The minimum atomic E-state index is -2.78. The summed E-state index contributed by atoms with van der Waals surface area (Å²) in [6.45, 7) is 7.21. The maximum Gasteiger partial charge on any atom is 0.153 e. The molecule has 17 heavy (non-hydrogen) atoms. The van der Waals surface area contributed by atoms with Crippen molar-refractivity contribution < 1.29 is 8.42 Å². The maximum absolute atomic E-state index is 11.4. The van der Waals surface area contributed by atoms with Crippen molar-refractivity contribution in [3.8, 4) is 0 Å². The zero-order valence-electron chi connectivity index (χ0n) is 10.8. The fraction of sp³-hybridized carbons (Fsp3) is 1.00. The van der Waals surface area contributed by atoms with Gasteiger partial charge in [-0.2, -0.15) is 0 Å². The molecule has 0 radical (unpaired) electrons. The van der Waals surface area contributed by atoms with E-state index in [1.165, 1.54) is 6.42 Å². The first-order valence-corrected chi connectivity index (χ1v) is 8.36. The molecule has 0 spiro atoms. The number of sulfone groups is 1. The highest BCUT2D eigenvalue weighted by atomic mass is 32.2. The van der Waals surface area contributed by atoms with Crippen molar-refractivity contribution in [2.45, 2.75) is 32.7 Å². The second kappa shape index (κ2) is 4.86. The van der Waals surface area contributed by atoms with Gasteiger partial charge in [0.15, 0.2) is 9.84 Å². The number of hydrogen-bond donors (Lipinski definition) is 2. The molecule has 4 nitrogen and oxygen atoms in total. The van der Waals surface area contributed by atoms with Crippen LogP contribution >= 0.6 is 0 Å². The second-order valence-corrected chi connectivity index (χ2v) is 8.38. The zero-order chi connectivity index (χ0) is 12.5. The van der Waals surface area contributed by atoms with Crippen LogP contribution in [0.25, 0.3) is 0 Å². The Bertz CT molecular complexity index is 365. The average molecular weight is 260 g/mol. The predicted octanol–water partition coefficient (Wildman–Crippen LogP) is 0.399. The first-order chi connectivity index (χ1) is 7.89. The van der Waals surface area contributed by atoms with Crippen molar-refractivity contribution in [1.29, 1.82) is 0 Å². The summed E-state index contributed by atoms with van der Waals surface area (Å²) < 4.78 is 22.9. The Morgan fingerprint density at radius 3 is 2.71 bits per heavy atom. The molecule has 2 fully saturated rings. The predicted molar refractivity (Wildman–Crippen MR) is 69.8 cm³/mol. The Balaban J connectivity index is 1.59. The van der Waals surface area contributed by atoms with Crippen LogP contribution in [-0.4, -0.2) is 45.6 Å². The van der Waals surface area contributed by atoms with E-state index >= 15 is 0 Å². The van der Waals surface area contributed by atoms with Gasteiger partial charge in [0.05, 0.1) is 11.5 Å². The van der Waals surface area contributed by atoms with E-state index in [9.17, 15) is 8.42 Å². The van der Waals surface area contributed by atoms with Gasteiger partial charge in [0.25, 0.3) is 0 Å². The van der Waals surface area contributed by atoms with E-state index in [0.717, 1.165) is 25.4 Å². The molecule has 2 rings (SSSR count). The fourth-order valence-electron chi connectivity index (χ4n) is 2.53. The minimum absolute atomic E-state index is 0.147. The summed E-state index contributed by atoms with van der Waals surface area (Å²) in [5, 5.41) is 6.72. The molecule has 1 aliphatic carbocycles. The van der Waals surface area contributed by atoms with Crippen molar-refractivity contribution in [2.24, 2.45) is 11.3 Å². The Kier molecular flexibility index (Phi) is 3.80. The average Bonchev–Trinajstić information content (AvgIpc) is 2.80. The molecule has 1 heterocycles. The molecule has 2 N–H and O–H groups in total. The molecule has 0 aromatic carbocycles. The van der Waals surface area contributed by atoms with Gasteiger partial charge in [0.1, 0.15) is 0 Å². The summed E-state index contributed by atoms with van der Waals surface area (Å²) in [6, 6.07) is 0.147. The quantitative estimate of drug-likeness (QED) is 0.703. The van der Waals surface area contributed by atoms with E-state index in [1.807, 2.05) is 0 Å². The van der Waals surface area contributed by atoms with Gasteiger partial charge in [0, 0.05) is 12.6 Å². The standard InChI is InChI=1S/C12H24N2O2S/c1-12(2)7-10(12)8-13-4-3-11-9-17(15,16)6-5-14-11/h10-11,13-14H,3-9H2,1-2H3. The monoisotopic (exact) mass is 260 g/mol. The highest BCUT2D eigenvalue weighted by Gasteiger charge is 2.44. The van der Waals surface area contributed by atoms with Crippen LogP contribution < -0.4 is 10.6 Å². The lowest BCUT2D eigenvalue weighted by Gasteiger charge is -2.23. The molecule has 100 valence electrons. The zero-order valence-corrected chi connectivity index (χ0v) is 11.6. The summed E-state index contributed by atoms with van der Waals surface area (Å²) in [5.41, 5.74) is 0.527. The van der Waals surface area contributed by atoms with Gasteiger partial charge in [-0.1, -0.05) is 13.8 Å². The second-order valence-electron chi connectivity index (χ2n) is 6.15. The molecular formula is C12H24N2O2S. The van der Waals surface area contributed by atoms with Crippen molar-refractivity contribution in [1.82, 2.24) is 10.6 Å². The lowest BCUT2D eigenvalue weighted by atomic mass is 10.1. The molecule has 0 amide bonds. The lowest BCUT2D eigenvalue weighted by molar-refractivity contribution is 0.463. The number of hydrogen-bond acceptors (Lipinski definition) is 4. The minimum Gasteiger partial charge on any atom is -0.316 e. The van der Waals surface area contributed by atoms with Crippen LogP contribution in [0.2, 0.25) is 0 Å². The van der Waals surface area contributed by atoms with Crippen LogP contribution in [-0.2, 0) is 9.84 Å². The van der Waals surface area contributed by atoms with Gasteiger partial charge in [-0.15, -0.1) is 0 Å². The SMILES string of the molecule is CC1(C)CC1CNCCC1CS(=O)(=O)CCN1. The van der Waals surface area contributed by atoms with Crippen molar-refractivity contribution in [3.05, 3.63) is 0 Å². The Labute approximate surface area is 104 Å². The molecule has 0 bridgehead atoms. The summed E-state index contributed by atoms with van der Waals surface area (Å²) in [5.74, 6) is 1.42. The Morgan fingerprint density at radius 2 is 2.12 bits per heavy atom. The van der Waals surface area contributed by atoms with Crippen molar-refractivity contribution in [3.63, 3.8) is 0 Å². The lowest BCUT2D eigenvalue weighted by Crippen LogP contribution is -2.46. The van der Waals surface area contributed by atoms with Crippen LogP contribution in [0, 0.1) is 11.3 Å². The van der Waals surface area contributed by atoms with Crippen LogP contribution in [0.3, 0.4) is 0 Å². The Hall–Kier alpha value is -0.130. The van der Waals surface area contributed by atoms with Crippen molar-refractivity contribution >= 4 is 9.84 Å². The van der Waals surface area contributed by atoms with Gasteiger partial charge in [0.2, 0.25) is 0 Å². The van der Waals surface area contributed by atoms with Crippen LogP contribution in [0.1, 0.15) is 26.7 Å². The van der Waals surface area contributed by atoms with E-state index < -0.39 is 9.84 Å². The van der Waals surface area contributed by atoms with Gasteiger partial charge in [-0.05, 0) is 37.3 Å². The fourth-order valence-corrected chi connectivity index (χ4v) is 4.02. The van der Waals surface area contributed by atoms with Crippen molar-refractivity contribution in [2.75, 3.05) is 31.1 Å². The molecule has 5 heteroatoms. The molecule has 0 aromatic rings. The molecular weight excluding hydrogens is 236 g/mol. The third-order valence-corrected chi connectivity index (χ3v) is 5.82. The summed E-state index contributed by atoms with van der Waals surface area (Å²) in [6.07, 6.45) is 2.22. The highest BCUT2D eigenvalue weighted by Crippen LogP contribution is 2.50. The van der Waals surface area contributed by atoms with Crippen LogP contribution in [0.4, 0.5) is 0 Å². The third kappa shape index (κ3) is 3.93. The van der Waals surface area contributed by atoms with Gasteiger partial charge in [-0.25, -0.2) is 8.42 Å². The summed E-state index contributed by atoms with van der Waals surface area (Å²) in [4.78, 5) is 0. The molecule has 2 aliphatic rings. The van der Waals surface area contributed by atoms with E-state index in [1.54, 1.807) is 0 Å². The van der Waals surface area contributed by atoms with Gasteiger partial charge < -0.3 is 10.6 Å². The van der Waals surface area contributed by atoms with E-state index in [-0.39, 0.29) is 6.04 Å². The molecule has 2 unspecified atom stereocenters. The maximum atomic E-state index is 11.4.